The Morgan fingerprint density at radius 3 is 2.39 bits per heavy atom. The van der Waals surface area contributed by atoms with E-state index < -0.39 is 41.4 Å². The van der Waals surface area contributed by atoms with Gasteiger partial charge in [-0.2, -0.15) is 22.0 Å². The number of ether oxygens (including phenoxy) is 2. The van der Waals surface area contributed by atoms with Gasteiger partial charge in [0.05, 0.1) is 18.4 Å². The van der Waals surface area contributed by atoms with Crippen molar-refractivity contribution in [1.82, 2.24) is 10.2 Å². The molecule has 0 radical (unpaired) electrons. The number of carbonyl (C=O) groups excluding carboxylic acids is 1. The van der Waals surface area contributed by atoms with Crippen molar-refractivity contribution in [3.63, 3.8) is 0 Å². The number of benzene rings is 2. The van der Waals surface area contributed by atoms with Gasteiger partial charge in [0, 0.05) is 17.7 Å². The smallest absolute Gasteiger partial charge is 0.416 e. The van der Waals surface area contributed by atoms with E-state index in [0.29, 0.717) is 18.2 Å². The van der Waals surface area contributed by atoms with E-state index in [9.17, 15) is 26.7 Å². The Labute approximate surface area is 204 Å². The van der Waals surface area contributed by atoms with Gasteiger partial charge in [-0.1, -0.05) is 24.8 Å². The summed E-state index contributed by atoms with van der Waals surface area (Å²) in [7, 11) is 1.34. The average Bonchev–Trinajstić information content (AvgIpc) is 3.08. The molecule has 2 N–H and O–H groups in total. The van der Waals surface area contributed by atoms with E-state index in [1.165, 1.54) is 24.1 Å². The van der Waals surface area contributed by atoms with Crippen LogP contribution in [0.3, 0.4) is 0 Å². The van der Waals surface area contributed by atoms with Crippen molar-refractivity contribution in [1.29, 1.82) is 5.41 Å². The number of hydrogen-bond acceptors (Lipinski definition) is 4. The number of amidine groups is 1. The zero-order valence-electron chi connectivity index (χ0n) is 19.7. The predicted molar refractivity (Wildman–Crippen MR) is 124 cm³/mol. The van der Waals surface area contributed by atoms with Crippen molar-refractivity contribution in [2.24, 2.45) is 0 Å². The van der Waals surface area contributed by atoms with Crippen LogP contribution in [0.25, 0.3) is 6.08 Å². The highest BCUT2D eigenvalue weighted by atomic mass is 19.4. The Balaban J connectivity index is 1.86. The molecular weight excluding hydrogens is 485 g/mol. The molecular formula is C25H24F5N3O3. The molecule has 0 aliphatic carbocycles. The van der Waals surface area contributed by atoms with Gasteiger partial charge < -0.3 is 14.8 Å². The van der Waals surface area contributed by atoms with Gasteiger partial charge in [-0.3, -0.25) is 10.3 Å². The van der Waals surface area contributed by atoms with Gasteiger partial charge in [-0.15, -0.1) is 0 Å². The van der Waals surface area contributed by atoms with Crippen molar-refractivity contribution in [3.8, 4) is 11.5 Å². The third-order valence-corrected chi connectivity index (χ3v) is 5.52. The normalized spacial score (nSPS) is 15.3. The molecule has 36 heavy (non-hydrogen) atoms. The number of allylic oxidation sites excluding steroid dienone is 1. The SMILES string of the molecule is C=C(C)C(F)(F)c1ccc(COc2ccc(/C=C3\NC(=O)N(CC)C3=N)cc2OC)c(C(F)(F)F)c1. The van der Waals surface area contributed by atoms with Gasteiger partial charge in [0.1, 0.15) is 6.61 Å². The molecule has 1 aliphatic rings. The minimum absolute atomic E-state index is 0.00199. The molecule has 1 saturated heterocycles. The molecule has 1 aliphatic heterocycles. The first-order valence-corrected chi connectivity index (χ1v) is 10.7. The summed E-state index contributed by atoms with van der Waals surface area (Å²) < 4.78 is 80.2. The Morgan fingerprint density at radius 1 is 1.14 bits per heavy atom. The zero-order valence-corrected chi connectivity index (χ0v) is 19.7. The summed E-state index contributed by atoms with van der Waals surface area (Å²) in [5, 5.41) is 10.6. The standard InChI is InChI=1S/C25H24F5N3O3/c1-5-33-22(31)19(32-23(33)34)10-15-6-9-20(21(11-15)35-4)36-13-16-7-8-17(24(26,27)14(2)3)12-18(16)25(28,29)30/h6-12,31H,2,5,13H2,1,3-4H3,(H,32,34)/b19-10-,31-22?. The van der Waals surface area contributed by atoms with Crippen LogP contribution in [0.4, 0.5) is 26.7 Å². The third-order valence-electron chi connectivity index (χ3n) is 5.52. The molecule has 2 aromatic carbocycles. The topological polar surface area (TPSA) is 74.7 Å². The lowest BCUT2D eigenvalue weighted by molar-refractivity contribution is -0.138. The molecule has 0 spiro atoms. The minimum Gasteiger partial charge on any atom is -0.493 e. The van der Waals surface area contributed by atoms with Crippen molar-refractivity contribution in [2.45, 2.75) is 32.6 Å². The van der Waals surface area contributed by atoms with Crippen molar-refractivity contribution in [2.75, 3.05) is 13.7 Å². The van der Waals surface area contributed by atoms with Gasteiger partial charge >= 0.3 is 12.2 Å². The zero-order chi connectivity index (χ0) is 26.8. The molecule has 0 bridgehead atoms. The quantitative estimate of drug-likeness (QED) is 0.323. The summed E-state index contributed by atoms with van der Waals surface area (Å²) in [4.78, 5) is 13.1. The van der Waals surface area contributed by atoms with Crippen molar-refractivity contribution >= 4 is 17.9 Å². The van der Waals surface area contributed by atoms with Crippen LogP contribution in [0.1, 0.15) is 36.1 Å². The number of nitrogens with one attached hydrogen (secondary N) is 2. The molecule has 2 aromatic rings. The fourth-order valence-electron chi connectivity index (χ4n) is 3.52. The molecule has 0 unspecified atom stereocenters. The highest BCUT2D eigenvalue weighted by Crippen LogP contribution is 2.40. The Hall–Kier alpha value is -3.89. The first-order chi connectivity index (χ1) is 16.8. The van der Waals surface area contributed by atoms with Gasteiger partial charge in [0.25, 0.3) is 5.92 Å². The molecule has 0 atom stereocenters. The first-order valence-electron chi connectivity index (χ1n) is 10.7. The lowest BCUT2D eigenvalue weighted by Gasteiger charge is -2.20. The number of carbonyl (C=O) groups is 1. The number of amides is 2. The highest BCUT2D eigenvalue weighted by Gasteiger charge is 2.38. The van der Waals surface area contributed by atoms with Crippen LogP contribution in [-0.2, 0) is 18.7 Å². The van der Waals surface area contributed by atoms with Gasteiger partial charge in [-0.25, -0.2) is 4.79 Å². The van der Waals surface area contributed by atoms with Crippen LogP contribution in [0.15, 0.2) is 54.2 Å². The number of urea groups is 1. The molecule has 0 saturated carbocycles. The van der Waals surface area contributed by atoms with Gasteiger partial charge in [0.2, 0.25) is 0 Å². The van der Waals surface area contributed by atoms with E-state index in [-0.39, 0.29) is 28.6 Å². The van der Waals surface area contributed by atoms with E-state index in [1.54, 1.807) is 19.1 Å². The molecule has 0 aromatic heterocycles. The fraction of sp³-hybridized carbons (Fsp3) is 0.280. The predicted octanol–water partition coefficient (Wildman–Crippen LogP) is 6.32. The Morgan fingerprint density at radius 2 is 1.83 bits per heavy atom. The first kappa shape index (κ1) is 26.7. The summed E-state index contributed by atoms with van der Waals surface area (Å²) >= 11 is 0. The maximum atomic E-state index is 14.2. The third kappa shape index (κ3) is 5.34. The lowest BCUT2D eigenvalue weighted by Crippen LogP contribution is -2.29. The fourth-order valence-corrected chi connectivity index (χ4v) is 3.52. The number of methoxy groups -OCH3 is 1. The average molecular weight is 509 g/mol. The summed E-state index contributed by atoms with van der Waals surface area (Å²) in [5.74, 6) is -3.31. The van der Waals surface area contributed by atoms with Gasteiger partial charge in [-0.05, 0) is 49.3 Å². The largest absolute Gasteiger partial charge is 0.493 e. The monoisotopic (exact) mass is 509 g/mol. The van der Waals surface area contributed by atoms with Crippen molar-refractivity contribution in [3.05, 3.63) is 76.5 Å². The summed E-state index contributed by atoms with van der Waals surface area (Å²) in [6, 6.07) is 6.41. The van der Waals surface area contributed by atoms with Gasteiger partial charge in [0.15, 0.2) is 17.3 Å². The maximum absolute atomic E-state index is 14.2. The summed E-state index contributed by atoms with van der Waals surface area (Å²) in [6.45, 7) is 5.70. The molecule has 1 heterocycles. The molecule has 6 nitrogen and oxygen atoms in total. The molecule has 192 valence electrons. The maximum Gasteiger partial charge on any atom is 0.416 e. The number of alkyl halides is 5. The molecule has 2 amide bonds. The second-order valence-electron chi connectivity index (χ2n) is 8.00. The van der Waals surface area contributed by atoms with Crippen LogP contribution >= 0.6 is 0 Å². The van der Waals surface area contributed by atoms with E-state index >= 15 is 0 Å². The van der Waals surface area contributed by atoms with E-state index in [4.69, 9.17) is 14.9 Å². The van der Waals surface area contributed by atoms with Crippen LogP contribution in [0.5, 0.6) is 11.5 Å². The van der Waals surface area contributed by atoms with Crippen LogP contribution in [0.2, 0.25) is 0 Å². The summed E-state index contributed by atoms with van der Waals surface area (Å²) in [6.07, 6.45) is -3.34. The number of rotatable bonds is 8. The highest BCUT2D eigenvalue weighted by molar-refractivity contribution is 6.15. The lowest BCUT2D eigenvalue weighted by atomic mass is 9.97. The number of likely N-dealkylation sites (N-methyl/N-ethyl adjacent to an activating group) is 1. The number of halogens is 5. The Bertz CT molecular complexity index is 1240. The van der Waals surface area contributed by atoms with Crippen molar-refractivity contribution < 1.29 is 36.2 Å². The number of hydrogen-bond donors (Lipinski definition) is 2. The molecule has 11 heteroatoms. The van der Waals surface area contributed by atoms with E-state index in [2.05, 4.69) is 11.9 Å². The van der Waals surface area contributed by atoms with Crippen LogP contribution < -0.4 is 14.8 Å². The van der Waals surface area contributed by atoms with Crippen LogP contribution in [-0.4, -0.2) is 30.4 Å². The minimum atomic E-state index is -4.89. The van der Waals surface area contributed by atoms with E-state index in [1.807, 2.05) is 0 Å². The number of nitrogens with zero attached hydrogens (tertiary/aromatic N) is 1. The second-order valence-corrected chi connectivity index (χ2v) is 8.00. The van der Waals surface area contributed by atoms with Crippen LogP contribution in [0, 0.1) is 5.41 Å². The molecule has 3 rings (SSSR count). The second kappa shape index (κ2) is 10.00. The van der Waals surface area contributed by atoms with E-state index in [0.717, 1.165) is 19.1 Å². The molecule has 1 fully saturated rings. The summed E-state index contributed by atoms with van der Waals surface area (Å²) in [5.41, 5.74) is -2.14. The Kier molecular flexibility index (Phi) is 7.42.